The molecule has 0 radical (unpaired) electrons. The summed E-state index contributed by atoms with van der Waals surface area (Å²) in [6.07, 6.45) is -1.55. The first-order valence-corrected chi connectivity index (χ1v) is 20.1. The Bertz CT molecular complexity index is 2280. The van der Waals surface area contributed by atoms with Gasteiger partial charge in [-0.2, -0.15) is 18.2 Å². The Morgan fingerprint density at radius 1 is 0.966 bits per heavy atom. The zero-order valence-corrected chi connectivity index (χ0v) is 33.3. The Hall–Kier alpha value is -4.99. The molecule has 2 aromatic heterocycles. The number of halogens is 5. The lowest BCUT2D eigenvalue weighted by Gasteiger charge is -2.50. The zero-order valence-electron chi connectivity index (χ0n) is 32.6. The van der Waals surface area contributed by atoms with Crippen molar-refractivity contribution in [1.82, 2.24) is 25.5 Å². The number of aromatic nitrogens is 2. The number of hydrogen-bond acceptors (Lipinski definition) is 9. The van der Waals surface area contributed by atoms with E-state index < -0.39 is 40.9 Å². The van der Waals surface area contributed by atoms with Crippen LogP contribution in [0.2, 0.25) is 5.02 Å². The lowest BCUT2D eigenvalue weighted by molar-refractivity contribution is -0.160. The van der Waals surface area contributed by atoms with E-state index in [2.05, 4.69) is 15.6 Å². The number of aliphatic carboxylic acids is 1. The van der Waals surface area contributed by atoms with E-state index in [1.54, 1.807) is 18.2 Å². The minimum atomic E-state index is -4.85. The third-order valence-electron chi connectivity index (χ3n) is 12.3. The molecule has 2 atom stereocenters. The maximum absolute atomic E-state index is 15.5. The predicted octanol–water partition coefficient (Wildman–Crippen LogP) is 7.90. The normalized spacial score (nSPS) is 22.6. The molecule has 0 spiro atoms. The van der Waals surface area contributed by atoms with E-state index in [4.69, 9.17) is 30.8 Å². The molecule has 2 bridgehead atoms. The van der Waals surface area contributed by atoms with Crippen LogP contribution >= 0.6 is 11.6 Å². The fourth-order valence-corrected chi connectivity index (χ4v) is 9.54. The van der Waals surface area contributed by atoms with Crippen LogP contribution in [0.3, 0.4) is 0 Å². The van der Waals surface area contributed by atoms with Crippen LogP contribution in [0.25, 0.3) is 22.4 Å². The highest BCUT2D eigenvalue weighted by molar-refractivity contribution is 6.36. The van der Waals surface area contributed by atoms with Crippen LogP contribution < -0.4 is 24.8 Å². The molecule has 1 saturated carbocycles. The molecule has 4 aromatic rings. The molecule has 4 fully saturated rings. The largest absolute Gasteiger partial charge is 0.481 e. The van der Waals surface area contributed by atoms with Gasteiger partial charge < -0.3 is 30.0 Å². The number of carboxylic acid groups (broad SMARTS) is 1. The van der Waals surface area contributed by atoms with Crippen molar-refractivity contribution in [3.63, 3.8) is 0 Å². The Balaban J connectivity index is 1.05. The van der Waals surface area contributed by atoms with Crippen molar-refractivity contribution in [3.8, 4) is 40.0 Å². The first-order chi connectivity index (χ1) is 28.3. The highest BCUT2D eigenvalue weighted by atomic mass is 35.5. The van der Waals surface area contributed by atoms with Crippen LogP contribution in [0, 0.1) is 11.2 Å². The average molecular weight is 838 g/mol. The van der Waals surface area contributed by atoms with Crippen molar-refractivity contribution in [2.75, 3.05) is 27.3 Å². The van der Waals surface area contributed by atoms with Crippen LogP contribution in [-0.2, 0) is 35.3 Å². The Labute approximate surface area is 343 Å². The molecular weight excluding hydrogens is 794 g/mol. The molecule has 5 heterocycles. The van der Waals surface area contributed by atoms with Gasteiger partial charge in [-0.15, -0.1) is 0 Å². The lowest BCUT2D eigenvalue weighted by atomic mass is 9.67. The van der Waals surface area contributed by atoms with Gasteiger partial charge in [0.15, 0.2) is 0 Å². The van der Waals surface area contributed by atoms with Gasteiger partial charge in [0.05, 0.1) is 30.4 Å². The highest BCUT2D eigenvalue weighted by Crippen LogP contribution is 2.48. The average Bonchev–Trinajstić information content (AvgIpc) is 3.83. The number of nitrogens with zero attached hydrogens (tertiary/aromatic N) is 3. The molecule has 2 aromatic carbocycles. The molecule has 16 heteroatoms. The van der Waals surface area contributed by atoms with Gasteiger partial charge in [0.2, 0.25) is 23.5 Å². The number of methoxy groups -OCH3 is 2. The van der Waals surface area contributed by atoms with E-state index in [1.807, 2.05) is 17.0 Å². The van der Waals surface area contributed by atoms with Crippen molar-refractivity contribution < 1.29 is 46.5 Å². The Morgan fingerprint density at radius 2 is 1.71 bits per heavy atom. The number of fused-ring (bicyclic) bond motifs is 4. The number of pyridine rings is 2. The summed E-state index contributed by atoms with van der Waals surface area (Å²) in [6.45, 7) is 1.33. The Morgan fingerprint density at radius 3 is 2.41 bits per heavy atom. The number of amides is 1. The Kier molecular flexibility index (Phi) is 11.2. The van der Waals surface area contributed by atoms with E-state index in [9.17, 15) is 27.9 Å². The number of nitrogens with one attached hydrogen (secondary N) is 2. The maximum atomic E-state index is 15.5. The highest BCUT2D eigenvalue weighted by Gasteiger charge is 2.50. The van der Waals surface area contributed by atoms with Crippen molar-refractivity contribution in [1.29, 1.82) is 0 Å². The number of rotatable bonds is 13. The fourth-order valence-electron chi connectivity index (χ4n) is 9.22. The summed E-state index contributed by atoms with van der Waals surface area (Å²) in [7, 11) is 2.83. The standard InChI is InChI=1S/C43H44ClF4N5O6/c1-57-38-23(19-49-20-26-7-11-36(54)50-26)6-9-34(51-38)30-5-3-4-29(37(30)44)31-17-25(45)18-32-28(31)8-10-35(32)59-40-33(43(46,47)48)16-24(39(52-40)58-2)21-53-22-42(41(55)56)14-12-27(53)13-15-42/h3-6,9,16-18,26-27,35,49H,7-8,10-15,19-22H2,1-2H3,(H,50,54)(H,55,56)/t26-,27?,35-,42?/m0/s1. The molecule has 3 aliphatic heterocycles. The summed E-state index contributed by atoms with van der Waals surface area (Å²) in [4.78, 5) is 34.6. The predicted molar refractivity (Wildman–Crippen MR) is 210 cm³/mol. The molecule has 59 heavy (non-hydrogen) atoms. The van der Waals surface area contributed by atoms with E-state index in [1.165, 1.54) is 26.4 Å². The first-order valence-electron chi connectivity index (χ1n) is 19.7. The molecule has 9 rings (SSSR count). The van der Waals surface area contributed by atoms with E-state index in [0.29, 0.717) is 96.0 Å². The maximum Gasteiger partial charge on any atom is 0.421 e. The molecule has 5 aliphatic rings. The number of carbonyl (C=O) groups is 2. The summed E-state index contributed by atoms with van der Waals surface area (Å²) in [5, 5.41) is 16.5. The topological polar surface area (TPSA) is 135 Å². The smallest absolute Gasteiger partial charge is 0.421 e. The van der Waals surface area contributed by atoms with Gasteiger partial charge in [-0.1, -0.05) is 35.9 Å². The third kappa shape index (κ3) is 8.04. The molecule has 0 unspecified atom stereocenters. The third-order valence-corrected chi connectivity index (χ3v) is 12.7. The van der Waals surface area contributed by atoms with Gasteiger partial charge in [-0.3, -0.25) is 14.5 Å². The molecular formula is C43H44ClF4N5O6. The molecule has 3 N–H and O–H groups in total. The summed E-state index contributed by atoms with van der Waals surface area (Å²) in [5.41, 5.74) is 2.11. The first kappa shape index (κ1) is 40.8. The summed E-state index contributed by atoms with van der Waals surface area (Å²) in [5.74, 6) is -1.82. The molecule has 3 saturated heterocycles. The van der Waals surface area contributed by atoms with Gasteiger partial charge in [0.25, 0.3) is 0 Å². The van der Waals surface area contributed by atoms with Crippen LogP contribution in [-0.4, -0.2) is 71.2 Å². The van der Waals surface area contributed by atoms with E-state index in [0.717, 1.165) is 18.1 Å². The SMILES string of the molecule is COc1nc(-c2cccc(-c3cc(F)cc4c3CC[C@@H]4Oc3nc(OC)c(CN4CC5(C(=O)O)CCC4CC5)cc3C(F)(F)F)c2Cl)ccc1CNC[C@@H]1CCC(=O)N1. The lowest BCUT2D eigenvalue weighted by Crippen LogP contribution is -2.56. The summed E-state index contributed by atoms with van der Waals surface area (Å²) < 4.78 is 76.9. The molecule has 2 aliphatic carbocycles. The van der Waals surface area contributed by atoms with Gasteiger partial charge in [-0.05, 0) is 85.9 Å². The van der Waals surface area contributed by atoms with E-state index >= 15 is 4.39 Å². The van der Waals surface area contributed by atoms with Crippen molar-refractivity contribution >= 4 is 23.5 Å². The van der Waals surface area contributed by atoms with Crippen LogP contribution in [0.5, 0.6) is 17.6 Å². The number of carboxylic acids is 1. The van der Waals surface area contributed by atoms with Gasteiger partial charge in [-0.25, -0.2) is 9.37 Å². The van der Waals surface area contributed by atoms with Crippen molar-refractivity contribution in [2.45, 2.75) is 88.8 Å². The number of carbonyl (C=O) groups excluding carboxylic acids is 1. The van der Waals surface area contributed by atoms with Crippen LogP contribution in [0.4, 0.5) is 17.6 Å². The number of ether oxygens (including phenoxy) is 3. The second kappa shape index (κ2) is 16.2. The number of benzene rings is 2. The zero-order chi connectivity index (χ0) is 41.6. The minimum Gasteiger partial charge on any atom is -0.481 e. The van der Waals surface area contributed by atoms with Gasteiger partial charge in [0, 0.05) is 66.9 Å². The number of alkyl halides is 3. The summed E-state index contributed by atoms with van der Waals surface area (Å²) in [6, 6.07) is 12.7. The minimum absolute atomic E-state index is 0.0336. The molecule has 11 nitrogen and oxygen atoms in total. The van der Waals surface area contributed by atoms with Crippen molar-refractivity contribution in [2.24, 2.45) is 5.41 Å². The second-order valence-corrected chi connectivity index (χ2v) is 16.2. The monoisotopic (exact) mass is 837 g/mol. The fraction of sp³-hybridized carbons (Fsp3) is 0.442. The van der Waals surface area contributed by atoms with Crippen molar-refractivity contribution in [3.05, 3.63) is 87.2 Å². The summed E-state index contributed by atoms with van der Waals surface area (Å²) >= 11 is 7.07. The number of hydrogen-bond donors (Lipinski definition) is 3. The molecule has 1 amide bonds. The quantitative estimate of drug-likeness (QED) is 0.114. The van der Waals surface area contributed by atoms with Crippen LogP contribution in [0.1, 0.15) is 78.9 Å². The number of piperidine rings is 2. The van der Waals surface area contributed by atoms with Gasteiger partial charge in [0.1, 0.15) is 17.5 Å². The van der Waals surface area contributed by atoms with Crippen LogP contribution in [0.15, 0.2) is 48.5 Å². The van der Waals surface area contributed by atoms with E-state index in [-0.39, 0.29) is 48.9 Å². The van der Waals surface area contributed by atoms with Gasteiger partial charge >= 0.3 is 12.1 Å². The second-order valence-electron chi connectivity index (χ2n) is 15.9. The molecule has 312 valence electrons.